The van der Waals surface area contributed by atoms with Crippen LogP contribution in [0.5, 0.6) is 5.75 Å². The van der Waals surface area contributed by atoms with E-state index in [0.29, 0.717) is 23.4 Å². The van der Waals surface area contributed by atoms with Crippen LogP contribution in [-0.4, -0.2) is 113 Å². The number of benzene rings is 2. The number of nitriles is 1. The Morgan fingerprint density at radius 1 is 1.14 bits per heavy atom. The number of likely N-dealkylation sites (tertiary alicyclic amines) is 1. The first-order valence-electron chi connectivity index (χ1n) is 14.8. The number of hydrogen-bond donors (Lipinski definition) is 2. The van der Waals surface area contributed by atoms with E-state index in [1.807, 2.05) is 12.1 Å². The van der Waals surface area contributed by atoms with Gasteiger partial charge in [0.1, 0.15) is 30.4 Å². The molecule has 1 aromatic heterocycles. The number of amides is 1. The van der Waals surface area contributed by atoms with E-state index >= 15 is 0 Å². The van der Waals surface area contributed by atoms with Crippen molar-refractivity contribution in [1.29, 1.82) is 5.26 Å². The number of carbonyl (C=O) groups is 1. The topological polar surface area (TPSA) is 140 Å². The second-order valence-corrected chi connectivity index (χ2v) is 11.3. The van der Waals surface area contributed by atoms with Crippen LogP contribution in [0.3, 0.4) is 0 Å². The third-order valence-electron chi connectivity index (χ3n) is 8.30. The molecule has 1 amide bonds. The average Bonchev–Trinajstić information content (AvgIpc) is 3.02. The zero-order valence-corrected chi connectivity index (χ0v) is 24.5. The van der Waals surface area contributed by atoms with Gasteiger partial charge in [-0.05, 0) is 49.4 Å². The quantitative estimate of drug-likeness (QED) is 0.393. The highest BCUT2D eigenvalue weighted by Gasteiger charge is 2.34. The Bertz CT molecular complexity index is 1510. The SMILES string of the molecule is C[C@H](O)C(=O)N1CC[C@H](Oc2ccc(-c3ncnc(Nc4ccc(N5CCN(C6COC6)CC5)cc4)n3)cc2C#N)[C@@H](F)C1. The number of aliphatic hydroxyl groups excluding tert-OH is 1. The molecule has 2 N–H and O–H groups in total. The highest BCUT2D eigenvalue weighted by Crippen LogP contribution is 2.29. The van der Waals surface area contributed by atoms with Gasteiger partial charge in [0.05, 0.1) is 31.4 Å². The van der Waals surface area contributed by atoms with Crippen LogP contribution in [0, 0.1) is 11.3 Å². The smallest absolute Gasteiger partial charge is 0.251 e. The molecule has 2 aromatic carbocycles. The van der Waals surface area contributed by atoms with Gasteiger partial charge < -0.3 is 29.7 Å². The van der Waals surface area contributed by atoms with Crippen molar-refractivity contribution in [2.45, 2.75) is 37.8 Å². The van der Waals surface area contributed by atoms with Crippen molar-refractivity contribution in [3.8, 4) is 23.2 Å². The van der Waals surface area contributed by atoms with E-state index in [1.165, 1.54) is 23.8 Å². The lowest BCUT2D eigenvalue weighted by molar-refractivity contribution is -0.143. The molecule has 3 aromatic rings. The van der Waals surface area contributed by atoms with Gasteiger partial charge in [0.15, 0.2) is 12.0 Å². The molecule has 230 valence electrons. The lowest BCUT2D eigenvalue weighted by atomic mass is 10.0. The van der Waals surface area contributed by atoms with Crippen LogP contribution in [0.4, 0.5) is 21.7 Å². The fraction of sp³-hybridized carbons (Fsp3) is 0.452. The first-order valence-corrected chi connectivity index (χ1v) is 14.8. The summed E-state index contributed by atoms with van der Waals surface area (Å²) in [6.07, 6.45) is -1.83. The zero-order valence-electron chi connectivity index (χ0n) is 24.5. The van der Waals surface area contributed by atoms with Crippen molar-refractivity contribution < 1.29 is 23.8 Å². The molecule has 0 spiro atoms. The number of anilines is 3. The van der Waals surface area contributed by atoms with Gasteiger partial charge in [0.2, 0.25) is 5.95 Å². The first kappa shape index (κ1) is 29.7. The van der Waals surface area contributed by atoms with Crippen molar-refractivity contribution in [2.75, 3.05) is 62.7 Å². The van der Waals surface area contributed by atoms with E-state index in [0.717, 1.165) is 45.1 Å². The summed E-state index contributed by atoms with van der Waals surface area (Å²) in [5.74, 6) is 0.452. The summed E-state index contributed by atoms with van der Waals surface area (Å²) in [4.78, 5) is 31.3. The number of piperazine rings is 1. The van der Waals surface area contributed by atoms with E-state index in [-0.39, 0.29) is 30.8 Å². The fourth-order valence-corrected chi connectivity index (χ4v) is 5.66. The van der Waals surface area contributed by atoms with E-state index in [1.54, 1.807) is 18.2 Å². The molecule has 13 heteroatoms. The van der Waals surface area contributed by atoms with Gasteiger partial charge in [0, 0.05) is 56.1 Å². The summed E-state index contributed by atoms with van der Waals surface area (Å²) in [6.45, 7) is 7.15. The molecule has 3 fully saturated rings. The predicted octanol–water partition coefficient (Wildman–Crippen LogP) is 2.37. The van der Waals surface area contributed by atoms with Gasteiger partial charge in [-0.25, -0.2) is 14.4 Å². The molecule has 3 atom stereocenters. The summed E-state index contributed by atoms with van der Waals surface area (Å²) >= 11 is 0. The molecule has 3 aliphatic heterocycles. The van der Waals surface area contributed by atoms with Crippen LogP contribution >= 0.6 is 0 Å². The predicted molar refractivity (Wildman–Crippen MR) is 160 cm³/mol. The molecule has 0 bridgehead atoms. The Labute approximate surface area is 255 Å². The molecule has 44 heavy (non-hydrogen) atoms. The Hall–Kier alpha value is -4.38. The second-order valence-electron chi connectivity index (χ2n) is 11.3. The van der Waals surface area contributed by atoms with Crippen molar-refractivity contribution in [2.24, 2.45) is 0 Å². The number of carbonyl (C=O) groups excluding carboxylic acids is 1. The third-order valence-corrected chi connectivity index (χ3v) is 8.30. The highest BCUT2D eigenvalue weighted by atomic mass is 19.1. The number of nitrogens with one attached hydrogen (secondary N) is 1. The minimum atomic E-state index is -1.46. The van der Waals surface area contributed by atoms with Crippen molar-refractivity contribution in [1.82, 2.24) is 24.8 Å². The van der Waals surface area contributed by atoms with Crippen LogP contribution < -0.4 is 15.0 Å². The third kappa shape index (κ3) is 6.57. The van der Waals surface area contributed by atoms with E-state index in [9.17, 15) is 19.6 Å². The molecular weight excluding hydrogens is 567 g/mol. The van der Waals surface area contributed by atoms with Gasteiger partial charge >= 0.3 is 0 Å². The summed E-state index contributed by atoms with van der Waals surface area (Å²) in [5, 5.41) is 22.5. The minimum absolute atomic E-state index is 0.175. The molecule has 4 heterocycles. The second kappa shape index (κ2) is 13.1. The summed E-state index contributed by atoms with van der Waals surface area (Å²) < 4.78 is 26.1. The van der Waals surface area contributed by atoms with Crippen LogP contribution in [0.1, 0.15) is 18.9 Å². The van der Waals surface area contributed by atoms with E-state index in [2.05, 4.69) is 48.3 Å². The van der Waals surface area contributed by atoms with Crippen LogP contribution in [0.15, 0.2) is 48.8 Å². The maximum Gasteiger partial charge on any atom is 0.251 e. The molecule has 0 unspecified atom stereocenters. The minimum Gasteiger partial charge on any atom is -0.486 e. The number of rotatable bonds is 8. The van der Waals surface area contributed by atoms with E-state index < -0.39 is 24.3 Å². The Morgan fingerprint density at radius 2 is 1.91 bits per heavy atom. The molecule has 0 saturated carbocycles. The van der Waals surface area contributed by atoms with Crippen molar-refractivity contribution >= 4 is 23.2 Å². The fourth-order valence-electron chi connectivity index (χ4n) is 5.66. The van der Waals surface area contributed by atoms with Gasteiger partial charge in [-0.3, -0.25) is 9.69 Å². The lowest BCUT2D eigenvalue weighted by Gasteiger charge is -2.43. The number of ether oxygens (including phenoxy) is 2. The maximum atomic E-state index is 14.9. The van der Waals surface area contributed by atoms with Gasteiger partial charge in [0.25, 0.3) is 5.91 Å². The lowest BCUT2D eigenvalue weighted by Crippen LogP contribution is -2.56. The standard InChI is InChI=1S/C31H35FN8O4/c1-20(41)30(42)40-9-8-28(26(32)16-40)44-27-7-2-21(14-22(27)15-33)29-34-19-35-31(37-29)36-23-3-5-24(6-4-23)38-10-12-39(13-11-38)25-17-43-18-25/h2-7,14,19-20,25-26,28,41H,8-13,16-18H2,1H3,(H,34,35,36,37)/t20-,26-,28-/m0/s1. The zero-order chi connectivity index (χ0) is 30.6. The Kier molecular flexibility index (Phi) is 8.83. The first-order chi connectivity index (χ1) is 21.4. The summed E-state index contributed by atoms with van der Waals surface area (Å²) in [6, 6.07) is 15.7. The number of halogens is 1. The molecule has 3 saturated heterocycles. The molecule has 6 rings (SSSR count). The summed E-state index contributed by atoms with van der Waals surface area (Å²) in [5.41, 5.74) is 2.79. The molecule has 3 aliphatic rings. The Morgan fingerprint density at radius 3 is 2.57 bits per heavy atom. The number of hydrogen-bond acceptors (Lipinski definition) is 11. The Balaban J connectivity index is 1.07. The van der Waals surface area contributed by atoms with E-state index in [4.69, 9.17) is 9.47 Å². The number of aromatic nitrogens is 3. The molecule has 12 nitrogen and oxygen atoms in total. The largest absolute Gasteiger partial charge is 0.486 e. The number of piperidine rings is 1. The van der Waals surface area contributed by atoms with Crippen LogP contribution in [-0.2, 0) is 9.53 Å². The number of alkyl halides is 1. The number of aliphatic hydroxyl groups is 1. The maximum absolute atomic E-state index is 14.9. The highest BCUT2D eigenvalue weighted by molar-refractivity contribution is 5.80. The van der Waals surface area contributed by atoms with Crippen molar-refractivity contribution in [3.05, 3.63) is 54.4 Å². The van der Waals surface area contributed by atoms with Crippen molar-refractivity contribution in [3.63, 3.8) is 0 Å². The molecule has 0 aliphatic carbocycles. The van der Waals surface area contributed by atoms with Gasteiger partial charge in [-0.15, -0.1) is 0 Å². The molecular formula is C31H35FN8O4. The van der Waals surface area contributed by atoms with Crippen LogP contribution in [0.2, 0.25) is 0 Å². The van der Waals surface area contributed by atoms with Gasteiger partial charge in [-0.2, -0.15) is 10.2 Å². The monoisotopic (exact) mass is 602 g/mol. The summed E-state index contributed by atoms with van der Waals surface area (Å²) in [7, 11) is 0. The van der Waals surface area contributed by atoms with Crippen LogP contribution in [0.25, 0.3) is 11.4 Å². The van der Waals surface area contributed by atoms with Gasteiger partial charge in [-0.1, -0.05) is 0 Å². The molecule has 0 radical (unpaired) electrons. The average molecular weight is 603 g/mol. The normalized spacial score (nSPS) is 21.7. The number of nitrogens with zero attached hydrogens (tertiary/aromatic N) is 7.